The monoisotopic (exact) mass is 327 g/mol. The zero-order valence-electron chi connectivity index (χ0n) is 14.5. The molecule has 132 valence electrons. The van der Waals surface area contributed by atoms with Crippen LogP contribution >= 0.6 is 0 Å². The summed E-state index contributed by atoms with van der Waals surface area (Å²) in [5.41, 5.74) is -0.267. The summed E-state index contributed by atoms with van der Waals surface area (Å²) in [7, 11) is 1.83. The minimum atomic E-state index is -0.387. The number of morpholine rings is 1. The van der Waals surface area contributed by atoms with Crippen molar-refractivity contribution < 1.29 is 19.4 Å². The first-order valence-corrected chi connectivity index (χ1v) is 8.44. The quantitative estimate of drug-likeness (QED) is 0.740. The van der Waals surface area contributed by atoms with Crippen LogP contribution in [0.5, 0.6) is 0 Å². The van der Waals surface area contributed by atoms with E-state index in [9.17, 15) is 9.59 Å². The van der Waals surface area contributed by atoms with E-state index in [1.165, 1.54) is 0 Å². The van der Waals surface area contributed by atoms with Crippen molar-refractivity contribution in [1.29, 1.82) is 0 Å². The number of amides is 2. The molecule has 2 saturated heterocycles. The summed E-state index contributed by atoms with van der Waals surface area (Å²) in [6, 6.07) is 0. The molecule has 7 nitrogen and oxygen atoms in total. The van der Waals surface area contributed by atoms with Crippen molar-refractivity contribution in [3.8, 4) is 0 Å². The molecular formula is C16H29N3O4. The molecule has 2 aliphatic heterocycles. The standard InChI is InChI=1S/C16H29N3O4/c1-4-19(9-10-20)14(21)11-18-7-5-16(6-8-18)12-17(3)15(22)13(2)23-16/h13,20H,4-12H2,1-3H3. The van der Waals surface area contributed by atoms with Crippen molar-refractivity contribution in [3.63, 3.8) is 0 Å². The van der Waals surface area contributed by atoms with Crippen LogP contribution < -0.4 is 0 Å². The third-order valence-electron chi connectivity index (χ3n) is 4.91. The molecule has 0 radical (unpaired) electrons. The first-order chi connectivity index (χ1) is 10.9. The number of likely N-dealkylation sites (N-methyl/N-ethyl adjacent to an activating group) is 2. The number of likely N-dealkylation sites (tertiary alicyclic amines) is 1. The Morgan fingerprint density at radius 1 is 1.43 bits per heavy atom. The lowest BCUT2D eigenvalue weighted by molar-refractivity contribution is -0.187. The second-order valence-corrected chi connectivity index (χ2v) is 6.61. The summed E-state index contributed by atoms with van der Waals surface area (Å²) in [5.74, 6) is 0.0959. The number of nitrogens with zero attached hydrogens (tertiary/aromatic N) is 3. The van der Waals surface area contributed by atoms with Crippen molar-refractivity contribution >= 4 is 11.8 Å². The highest BCUT2D eigenvalue weighted by atomic mass is 16.5. The van der Waals surface area contributed by atoms with Gasteiger partial charge in [-0.05, 0) is 26.7 Å². The van der Waals surface area contributed by atoms with Crippen molar-refractivity contribution in [2.45, 2.75) is 38.4 Å². The molecule has 0 bridgehead atoms. The van der Waals surface area contributed by atoms with Crippen LogP contribution in [0.1, 0.15) is 26.7 Å². The number of carbonyl (C=O) groups excluding carboxylic acids is 2. The van der Waals surface area contributed by atoms with E-state index < -0.39 is 0 Å². The third-order valence-corrected chi connectivity index (χ3v) is 4.91. The topological polar surface area (TPSA) is 73.3 Å². The number of aliphatic hydroxyl groups is 1. The average Bonchev–Trinajstić information content (AvgIpc) is 2.52. The first-order valence-electron chi connectivity index (χ1n) is 8.44. The lowest BCUT2D eigenvalue weighted by Gasteiger charge is -2.48. The molecule has 0 saturated carbocycles. The predicted molar refractivity (Wildman–Crippen MR) is 85.9 cm³/mol. The minimum Gasteiger partial charge on any atom is -0.395 e. The van der Waals surface area contributed by atoms with Gasteiger partial charge >= 0.3 is 0 Å². The first kappa shape index (κ1) is 18.2. The van der Waals surface area contributed by atoms with E-state index in [1.807, 2.05) is 20.9 Å². The van der Waals surface area contributed by atoms with Crippen LogP contribution in [0.15, 0.2) is 0 Å². The van der Waals surface area contributed by atoms with E-state index in [2.05, 4.69) is 4.90 Å². The van der Waals surface area contributed by atoms with Gasteiger partial charge in [0.1, 0.15) is 6.10 Å². The van der Waals surface area contributed by atoms with Crippen molar-refractivity contribution in [1.82, 2.24) is 14.7 Å². The zero-order chi connectivity index (χ0) is 17.0. The molecule has 0 aromatic heterocycles. The number of piperidine rings is 1. The summed E-state index contributed by atoms with van der Waals surface area (Å²) in [6.07, 6.45) is 1.27. The van der Waals surface area contributed by atoms with Gasteiger partial charge in [-0.2, -0.15) is 0 Å². The SMILES string of the molecule is CCN(CCO)C(=O)CN1CCC2(CC1)CN(C)C(=O)C(C)O2. The smallest absolute Gasteiger partial charge is 0.251 e. The third kappa shape index (κ3) is 4.22. The fraction of sp³-hybridized carbons (Fsp3) is 0.875. The van der Waals surface area contributed by atoms with Gasteiger partial charge < -0.3 is 19.6 Å². The van der Waals surface area contributed by atoms with Crippen LogP contribution in [0.4, 0.5) is 0 Å². The van der Waals surface area contributed by atoms with E-state index in [4.69, 9.17) is 9.84 Å². The number of hydrogen-bond acceptors (Lipinski definition) is 5. The average molecular weight is 327 g/mol. The van der Waals surface area contributed by atoms with Crippen LogP contribution in [0, 0.1) is 0 Å². The fourth-order valence-corrected chi connectivity index (χ4v) is 3.55. The molecule has 2 aliphatic rings. The van der Waals surface area contributed by atoms with Gasteiger partial charge in [0, 0.05) is 39.8 Å². The largest absolute Gasteiger partial charge is 0.395 e. The number of aliphatic hydroxyl groups excluding tert-OH is 1. The molecule has 23 heavy (non-hydrogen) atoms. The van der Waals surface area contributed by atoms with Gasteiger partial charge in [0.2, 0.25) is 5.91 Å². The molecule has 1 N–H and O–H groups in total. The van der Waals surface area contributed by atoms with Gasteiger partial charge in [0.25, 0.3) is 5.91 Å². The normalized spacial score (nSPS) is 25.0. The number of carbonyl (C=O) groups is 2. The summed E-state index contributed by atoms with van der Waals surface area (Å²) < 4.78 is 6.01. The van der Waals surface area contributed by atoms with Crippen LogP contribution in [0.3, 0.4) is 0 Å². The molecule has 2 fully saturated rings. The van der Waals surface area contributed by atoms with E-state index >= 15 is 0 Å². The Kier molecular flexibility index (Phi) is 6.00. The number of ether oxygens (including phenoxy) is 1. The van der Waals surface area contributed by atoms with Crippen LogP contribution in [-0.4, -0.2) is 96.2 Å². The molecule has 1 unspecified atom stereocenters. The lowest BCUT2D eigenvalue weighted by Crippen LogP contribution is -2.60. The van der Waals surface area contributed by atoms with E-state index in [-0.39, 0.29) is 30.1 Å². The highest BCUT2D eigenvalue weighted by molar-refractivity contribution is 5.81. The summed E-state index contributed by atoms with van der Waals surface area (Å²) >= 11 is 0. The molecular weight excluding hydrogens is 298 g/mol. The Hall–Kier alpha value is -1.18. The lowest BCUT2D eigenvalue weighted by atomic mass is 9.88. The minimum absolute atomic E-state index is 0.00518. The van der Waals surface area contributed by atoms with Crippen molar-refractivity contribution in [3.05, 3.63) is 0 Å². The Bertz CT molecular complexity index is 419. The molecule has 1 atom stereocenters. The number of rotatable bonds is 5. The Morgan fingerprint density at radius 3 is 2.61 bits per heavy atom. The summed E-state index contributed by atoms with van der Waals surface area (Å²) in [6.45, 7) is 7.32. The maximum atomic E-state index is 12.2. The van der Waals surface area contributed by atoms with Crippen LogP contribution in [-0.2, 0) is 14.3 Å². The molecule has 0 aromatic rings. The van der Waals surface area contributed by atoms with E-state index in [0.29, 0.717) is 26.2 Å². The second kappa shape index (κ2) is 7.59. The second-order valence-electron chi connectivity index (χ2n) is 6.61. The summed E-state index contributed by atoms with van der Waals surface area (Å²) in [5, 5.41) is 9.00. The fourth-order valence-electron chi connectivity index (χ4n) is 3.55. The van der Waals surface area contributed by atoms with Crippen molar-refractivity contribution in [2.24, 2.45) is 0 Å². The van der Waals surface area contributed by atoms with E-state index in [0.717, 1.165) is 25.9 Å². The van der Waals surface area contributed by atoms with E-state index in [1.54, 1.807) is 9.80 Å². The predicted octanol–water partition coefficient (Wildman–Crippen LogP) is -0.461. The zero-order valence-corrected chi connectivity index (χ0v) is 14.5. The van der Waals surface area contributed by atoms with Gasteiger partial charge in [0.05, 0.1) is 18.8 Å². The Balaban J connectivity index is 1.86. The maximum absolute atomic E-state index is 12.2. The Morgan fingerprint density at radius 2 is 2.09 bits per heavy atom. The van der Waals surface area contributed by atoms with Gasteiger partial charge in [-0.1, -0.05) is 0 Å². The maximum Gasteiger partial charge on any atom is 0.251 e. The molecule has 7 heteroatoms. The van der Waals surface area contributed by atoms with Crippen LogP contribution in [0.25, 0.3) is 0 Å². The van der Waals surface area contributed by atoms with Gasteiger partial charge in [-0.25, -0.2) is 0 Å². The molecule has 1 spiro atoms. The van der Waals surface area contributed by atoms with Crippen molar-refractivity contribution in [2.75, 3.05) is 52.9 Å². The molecule has 2 heterocycles. The number of hydrogen-bond donors (Lipinski definition) is 1. The molecule has 0 aliphatic carbocycles. The van der Waals surface area contributed by atoms with Gasteiger partial charge in [0.15, 0.2) is 0 Å². The highest BCUT2D eigenvalue weighted by Crippen LogP contribution is 2.32. The Labute approximate surface area is 138 Å². The van der Waals surface area contributed by atoms with Crippen LogP contribution in [0.2, 0.25) is 0 Å². The van der Waals surface area contributed by atoms with Gasteiger partial charge in [-0.3, -0.25) is 14.5 Å². The highest BCUT2D eigenvalue weighted by Gasteiger charge is 2.44. The summed E-state index contributed by atoms with van der Waals surface area (Å²) in [4.78, 5) is 29.7. The molecule has 0 aromatic carbocycles. The molecule has 2 rings (SSSR count). The van der Waals surface area contributed by atoms with Gasteiger partial charge in [-0.15, -0.1) is 0 Å². The molecule has 2 amide bonds.